The third kappa shape index (κ3) is 9.82. The van der Waals surface area contributed by atoms with E-state index in [0.29, 0.717) is 17.1 Å². The molecule has 34 heavy (non-hydrogen) atoms. The predicted molar refractivity (Wildman–Crippen MR) is 139 cm³/mol. The lowest BCUT2D eigenvalue weighted by Gasteiger charge is -2.33. The van der Waals surface area contributed by atoms with E-state index in [0.717, 1.165) is 25.1 Å². The predicted octanol–water partition coefficient (Wildman–Crippen LogP) is 5.13. The lowest BCUT2D eigenvalue weighted by Crippen LogP contribution is -2.42. The number of ether oxygens (including phenoxy) is 1. The van der Waals surface area contributed by atoms with Gasteiger partial charge in [0.05, 0.1) is 25.1 Å². The van der Waals surface area contributed by atoms with Crippen molar-refractivity contribution in [2.24, 2.45) is 4.99 Å². The number of aliphatic imine (C=N–C) groups is 1. The standard InChI is InChI=1S/C15H19N5O2.C6H9N.C3H8.C2H2/c1-11-5-3-4-8-19(11)15(21)12-10-16-14(22-2)9-13(12)20-17-6-7-18-20;1-4-6(3)7-5-2;1-3-2;1-2/h6-7,9-11H,3-5,8H2,1-2H3;4-5H,1-2H2,3H3;3H2,1-2H3;1-2H/t11-;;;/m1.../s1. The molecule has 0 saturated carbocycles. The third-order valence-corrected chi connectivity index (χ3v) is 4.58. The maximum atomic E-state index is 12.9. The maximum absolute atomic E-state index is 12.9. The van der Waals surface area contributed by atoms with Crippen LogP contribution in [0.1, 0.15) is 63.7 Å². The van der Waals surface area contributed by atoms with Gasteiger partial charge < -0.3 is 9.64 Å². The topological polar surface area (TPSA) is 85.5 Å². The van der Waals surface area contributed by atoms with E-state index in [-0.39, 0.29) is 11.9 Å². The van der Waals surface area contributed by atoms with E-state index in [9.17, 15) is 4.79 Å². The monoisotopic (exact) mass is 466 g/mol. The number of pyridine rings is 1. The van der Waals surface area contributed by atoms with Crippen LogP contribution in [0.3, 0.4) is 0 Å². The van der Waals surface area contributed by atoms with Gasteiger partial charge >= 0.3 is 0 Å². The van der Waals surface area contributed by atoms with Crippen LogP contribution in [0, 0.1) is 12.8 Å². The smallest absolute Gasteiger partial charge is 0.257 e. The molecule has 8 nitrogen and oxygen atoms in total. The van der Waals surface area contributed by atoms with E-state index in [2.05, 4.69) is 66.9 Å². The fourth-order valence-electron chi connectivity index (χ4n) is 2.96. The van der Waals surface area contributed by atoms with Crippen molar-refractivity contribution in [1.29, 1.82) is 0 Å². The zero-order chi connectivity index (χ0) is 25.9. The first-order chi connectivity index (χ1) is 16.4. The Morgan fingerprint density at radius 2 is 1.88 bits per heavy atom. The van der Waals surface area contributed by atoms with Crippen LogP contribution in [0.25, 0.3) is 5.69 Å². The Balaban J connectivity index is 0.000000765. The summed E-state index contributed by atoms with van der Waals surface area (Å²) in [5, 5.41) is 8.24. The number of rotatable bonds is 5. The molecule has 1 fully saturated rings. The van der Waals surface area contributed by atoms with E-state index >= 15 is 0 Å². The summed E-state index contributed by atoms with van der Waals surface area (Å²) in [5.41, 5.74) is 1.97. The molecule has 2 aromatic heterocycles. The van der Waals surface area contributed by atoms with Crippen molar-refractivity contribution < 1.29 is 9.53 Å². The molecule has 2 aromatic rings. The molecule has 0 N–H and O–H groups in total. The van der Waals surface area contributed by atoms with Gasteiger partial charge in [0.2, 0.25) is 5.88 Å². The molecule has 0 radical (unpaired) electrons. The molecule has 3 heterocycles. The van der Waals surface area contributed by atoms with Gasteiger partial charge in [0.1, 0.15) is 5.69 Å². The number of likely N-dealkylation sites (tertiary alicyclic amines) is 1. The third-order valence-electron chi connectivity index (χ3n) is 4.58. The lowest BCUT2D eigenvalue weighted by molar-refractivity contribution is 0.0634. The molecule has 1 aliphatic rings. The summed E-state index contributed by atoms with van der Waals surface area (Å²) in [4.78, 5) is 24.2. The molecule has 1 saturated heterocycles. The summed E-state index contributed by atoms with van der Waals surface area (Å²) < 4.78 is 5.15. The first-order valence-electron chi connectivity index (χ1n) is 11.3. The molecule has 3 rings (SSSR count). The molecule has 0 bridgehead atoms. The minimum absolute atomic E-state index is 0.0327. The van der Waals surface area contributed by atoms with Gasteiger partial charge in [0, 0.05) is 36.8 Å². The lowest BCUT2D eigenvalue weighted by atomic mass is 10.0. The zero-order valence-electron chi connectivity index (χ0n) is 21.1. The minimum Gasteiger partial charge on any atom is -0.481 e. The van der Waals surface area contributed by atoms with E-state index < -0.39 is 0 Å². The van der Waals surface area contributed by atoms with Crippen LogP contribution >= 0.6 is 0 Å². The van der Waals surface area contributed by atoms with Crippen molar-refractivity contribution in [1.82, 2.24) is 24.9 Å². The van der Waals surface area contributed by atoms with Gasteiger partial charge in [-0.05, 0) is 39.2 Å². The van der Waals surface area contributed by atoms with E-state index in [1.807, 2.05) is 11.8 Å². The Bertz CT molecular complexity index is 919. The molecule has 1 amide bonds. The summed E-state index contributed by atoms with van der Waals surface area (Å²) in [6.45, 7) is 15.9. The van der Waals surface area contributed by atoms with Gasteiger partial charge in [-0.25, -0.2) is 4.98 Å². The summed E-state index contributed by atoms with van der Waals surface area (Å²) in [5.74, 6) is 0.394. The van der Waals surface area contributed by atoms with Crippen molar-refractivity contribution >= 4 is 11.6 Å². The Hall–Kier alpha value is -3.73. The number of piperidine rings is 1. The number of allylic oxidation sites excluding steroid dienone is 1. The number of carbonyl (C=O) groups is 1. The molecule has 184 valence electrons. The molecular formula is C26H38N6O2. The second-order valence-corrected chi connectivity index (χ2v) is 7.27. The molecule has 0 aromatic carbocycles. The van der Waals surface area contributed by atoms with Crippen LogP contribution < -0.4 is 4.74 Å². The summed E-state index contributed by atoms with van der Waals surface area (Å²) in [7, 11) is 1.54. The summed E-state index contributed by atoms with van der Waals surface area (Å²) in [6.07, 6.45) is 20.4. The highest BCUT2D eigenvalue weighted by Crippen LogP contribution is 2.23. The Labute approximate surface area is 204 Å². The number of hydrogen-bond donors (Lipinski definition) is 0. The number of terminal acetylenes is 1. The van der Waals surface area contributed by atoms with Crippen LogP contribution in [0.4, 0.5) is 0 Å². The fraction of sp³-hybridized carbons (Fsp3) is 0.423. The minimum atomic E-state index is -0.0327. The van der Waals surface area contributed by atoms with Gasteiger partial charge in [0.15, 0.2) is 0 Å². The Kier molecular flexibility index (Phi) is 15.8. The normalized spacial score (nSPS) is 14.6. The molecule has 8 heteroatoms. The Morgan fingerprint density at radius 3 is 2.35 bits per heavy atom. The highest BCUT2D eigenvalue weighted by atomic mass is 16.5. The van der Waals surface area contributed by atoms with E-state index in [1.54, 1.807) is 30.7 Å². The van der Waals surface area contributed by atoms with Crippen LogP contribution in [0.5, 0.6) is 5.88 Å². The van der Waals surface area contributed by atoms with Crippen LogP contribution in [0.15, 0.2) is 55.1 Å². The van der Waals surface area contributed by atoms with Gasteiger partial charge in [-0.3, -0.25) is 9.79 Å². The van der Waals surface area contributed by atoms with E-state index in [4.69, 9.17) is 4.74 Å². The van der Waals surface area contributed by atoms with Crippen molar-refractivity contribution in [3.63, 3.8) is 0 Å². The average Bonchev–Trinajstić information content (AvgIpc) is 3.41. The number of carbonyl (C=O) groups excluding carboxylic acids is 1. The van der Waals surface area contributed by atoms with Gasteiger partial charge in [-0.15, -0.1) is 12.8 Å². The number of amides is 1. The summed E-state index contributed by atoms with van der Waals surface area (Å²) in [6, 6.07) is 1.92. The zero-order valence-corrected chi connectivity index (χ0v) is 21.1. The van der Waals surface area contributed by atoms with Gasteiger partial charge in [-0.1, -0.05) is 33.4 Å². The Morgan fingerprint density at radius 1 is 1.26 bits per heavy atom. The molecule has 0 spiro atoms. The number of aromatic nitrogens is 4. The second kappa shape index (κ2) is 17.8. The van der Waals surface area contributed by atoms with Crippen LogP contribution in [-0.2, 0) is 0 Å². The molecule has 1 aliphatic heterocycles. The number of hydrogen-bond acceptors (Lipinski definition) is 6. The largest absolute Gasteiger partial charge is 0.481 e. The first kappa shape index (κ1) is 30.3. The van der Waals surface area contributed by atoms with Crippen LogP contribution in [-0.4, -0.2) is 56.2 Å². The number of nitrogens with zero attached hydrogens (tertiary/aromatic N) is 6. The highest BCUT2D eigenvalue weighted by molar-refractivity contribution is 5.97. The maximum Gasteiger partial charge on any atom is 0.257 e. The van der Waals surface area contributed by atoms with Crippen molar-refractivity contribution in [2.75, 3.05) is 13.7 Å². The molecule has 0 unspecified atom stereocenters. The van der Waals surface area contributed by atoms with Crippen molar-refractivity contribution in [3.05, 3.63) is 55.7 Å². The quantitative estimate of drug-likeness (QED) is 0.450. The molecule has 0 aliphatic carbocycles. The van der Waals surface area contributed by atoms with E-state index in [1.165, 1.54) is 30.9 Å². The average molecular weight is 467 g/mol. The molecule has 1 atom stereocenters. The van der Waals surface area contributed by atoms with Crippen molar-refractivity contribution in [2.45, 2.75) is 59.4 Å². The van der Waals surface area contributed by atoms with Crippen LogP contribution in [0.2, 0.25) is 0 Å². The highest BCUT2D eigenvalue weighted by Gasteiger charge is 2.27. The molecular weight excluding hydrogens is 428 g/mol. The van der Waals surface area contributed by atoms with Gasteiger partial charge in [0.25, 0.3) is 5.91 Å². The summed E-state index contributed by atoms with van der Waals surface area (Å²) >= 11 is 0. The fourth-order valence-corrected chi connectivity index (χ4v) is 2.96. The van der Waals surface area contributed by atoms with Gasteiger partial charge in [-0.2, -0.15) is 15.0 Å². The second-order valence-electron chi connectivity index (χ2n) is 7.27. The SMILES string of the molecule is C#C.C=CN=C(C)C=C.CCC.COc1cc(-n2nccn2)c(C(=O)N2CCCC[C@H]2C)cn1. The number of methoxy groups -OCH3 is 1. The first-order valence-corrected chi connectivity index (χ1v) is 11.3. The van der Waals surface area contributed by atoms with Crippen molar-refractivity contribution in [3.8, 4) is 24.4 Å².